The molecule has 0 aliphatic carbocycles. The molecule has 1 heterocycles. The summed E-state index contributed by atoms with van der Waals surface area (Å²) < 4.78 is 5.56. The lowest BCUT2D eigenvalue weighted by Crippen LogP contribution is -2.36. The highest BCUT2D eigenvalue weighted by Gasteiger charge is 2.46. The van der Waals surface area contributed by atoms with E-state index in [1.54, 1.807) is 6.92 Å². The first kappa shape index (κ1) is 17.7. The molecule has 2 aromatic rings. The first-order valence-electron chi connectivity index (χ1n) is 8.51. The molecule has 3 rings (SSSR count). The number of amides is 4. The maximum atomic E-state index is 12.6. The van der Waals surface area contributed by atoms with Crippen molar-refractivity contribution in [2.24, 2.45) is 0 Å². The number of nitrogens with zero attached hydrogens (tertiary/aromatic N) is 2. The molecule has 134 valence electrons. The predicted octanol–water partition coefficient (Wildman–Crippen LogP) is 3.01. The summed E-state index contributed by atoms with van der Waals surface area (Å²) in [7, 11) is 0. The highest BCUT2D eigenvalue weighted by atomic mass is 16.5. The molecule has 0 spiro atoms. The fourth-order valence-corrected chi connectivity index (χ4v) is 2.87. The van der Waals surface area contributed by atoms with Crippen LogP contribution in [0.15, 0.2) is 60.7 Å². The van der Waals surface area contributed by atoms with Gasteiger partial charge in [0.05, 0.1) is 12.6 Å². The molecule has 0 N–H and O–H groups in total. The van der Waals surface area contributed by atoms with Crippen LogP contribution in [-0.4, -0.2) is 40.8 Å². The van der Waals surface area contributed by atoms with Gasteiger partial charge in [-0.1, -0.05) is 48.5 Å². The Labute approximate surface area is 152 Å². The van der Waals surface area contributed by atoms with Crippen LogP contribution in [0.25, 0.3) is 0 Å². The SMILES string of the molecule is CC(c1ccccc1)N1C(=O)C(=O)N(CCCOc2ccccc2)C1=O. The Balaban J connectivity index is 1.59. The number of carbonyl (C=O) groups is 3. The van der Waals surface area contributed by atoms with Gasteiger partial charge in [-0.2, -0.15) is 0 Å². The molecule has 26 heavy (non-hydrogen) atoms. The monoisotopic (exact) mass is 352 g/mol. The largest absolute Gasteiger partial charge is 0.494 e. The van der Waals surface area contributed by atoms with Gasteiger partial charge < -0.3 is 4.74 Å². The topological polar surface area (TPSA) is 66.9 Å². The zero-order chi connectivity index (χ0) is 18.5. The Morgan fingerprint density at radius 2 is 1.50 bits per heavy atom. The lowest BCUT2D eigenvalue weighted by molar-refractivity contribution is -0.144. The normalized spacial score (nSPS) is 15.5. The van der Waals surface area contributed by atoms with E-state index in [0.29, 0.717) is 13.0 Å². The van der Waals surface area contributed by atoms with Gasteiger partial charge in [0.25, 0.3) is 0 Å². The average Bonchev–Trinajstić information content (AvgIpc) is 2.89. The van der Waals surface area contributed by atoms with Crippen molar-refractivity contribution in [1.29, 1.82) is 0 Å². The van der Waals surface area contributed by atoms with E-state index in [4.69, 9.17) is 4.74 Å². The fraction of sp³-hybridized carbons (Fsp3) is 0.250. The van der Waals surface area contributed by atoms with Crippen LogP contribution in [-0.2, 0) is 9.59 Å². The smallest absolute Gasteiger partial charge is 0.334 e. The van der Waals surface area contributed by atoms with Crippen LogP contribution >= 0.6 is 0 Å². The fourth-order valence-electron chi connectivity index (χ4n) is 2.87. The Kier molecular flexibility index (Phi) is 5.31. The van der Waals surface area contributed by atoms with Crippen molar-refractivity contribution in [1.82, 2.24) is 9.80 Å². The highest BCUT2D eigenvalue weighted by molar-refractivity contribution is 6.44. The van der Waals surface area contributed by atoms with Crippen molar-refractivity contribution in [3.05, 3.63) is 66.2 Å². The summed E-state index contributed by atoms with van der Waals surface area (Å²) in [6, 6.07) is 17.4. The number of urea groups is 1. The van der Waals surface area contributed by atoms with Gasteiger partial charge in [-0.15, -0.1) is 0 Å². The molecular weight excluding hydrogens is 332 g/mol. The van der Waals surface area contributed by atoms with Gasteiger partial charge in [-0.25, -0.2) is 9.69 Å². The van der Waals surface area contributed by atoms with Gasteiger partial charge in [-0.05, 0) is 31.0 Å². The van der Waals surface area contributed by atoms with Crippen LogP contribution in [0.5, 0.6) is 5.75 Å². The minimum absolute atomic E-state index is 0.147. The minimum Gasteiger partial charge on any atom is -0.494 e. The standard InChI is InChI=1S/C20H20N2O4/c1-15(16-9-4-2-5-10-16)22-19(24)18(23)21(20(22)25)13-8-14-26-17-11-6-3-7-12-17/h2-7,9-12,15H,8,13-14H2,1H3. The van der Waals surface area contributed by atoms with Crippen LogP contribution in [0.3, 0.4) is 0 Å². The van der Waals surface area contributed by atoms with E-state index in [0.717, 1.165) is 21.1 Å². The quantitative estimate of drug-likeness (QED) is 0.436. The van der Waals surface area contributed by atoms with Crippen molar-refractivity contribution >= 4 is 17.8 Å². The zero-order valence-electron chi connectivity index (χ0n) is 14.5. The minimum atomic E-state index is -0.782. The third kappa shape index (κ3) is 3.59. The second kappa shape index (κ2) is 7.82. The van der Waals surface area contributed by atoms with Crippen LogP contribution < -0.4 is 4.74 Å². The lowest BCUT2D eigenvalue weighted by Gasteiger charge is -2.22. The summed E-state index contributed by atoms with van der Waals surface area (Å²) in [6.07, 6.45) is 0.452. The molecule has 6 heteroatoms. The van der Waals surface area contributed by atoms with Crippen molar-refractivity contribution in [2.45, 2.75) is 19.4 Å². The number of hydrogen-bond donors (Lipinski definition) is 0. The molecule has 0 saturated carbocycles. The number of hydrogen-bond acceptors (Lipinski definition) is 4. The molecule has 1 aliphatic rings. The third-order valence-corrected chi connectivity index (χ3v) is 4.29. The Morgan fingerprint density at radius 3 is 2.15 bits per heavy atom. The van der Waals surface area contributed by atoms with Gasteiger partial charge in [0.2, 0.25) is 0 Å². The Morgan fingerprint density at radius 1 is 0.885 bits per heavy atom. The summed E-state index contributed by atoms with van der Waals surface area (Å²) in [6.45, 7) is 2.23. The Hall–Kier alpha value is -3.15. The van der Waals surface area contributed by atoms with Gasteiger partial charge in [0, 0.05) is 6.54 Å². The molecule has 6 nitrogen and oxygen atoms in total. The molecule has 0 bridgehead atoms. The molecule has 2 aromatic carbocycles. The second-order valence-corrected chi connectivity index (χ2v) is 6.02. The maximum absolute atomic E-state index is 12.6. The average molecular weight is 352 g/mol. The van der Waals surface area contributed by atoms with Crippen LogP contribution in [0.2, 0.25) is 0 Å². The number of benzene rings is 2. The van der Waals surface area contributed by atoms with Crippen LogP contribution in [0.1, 0.15) is 24.9 Å². The number of ether oxygens (including phenoxy) is 1. The predicted molar refractivity (Wildman–Crippen MR) is 95.4 cm³/mol. The molecular formula is C20H20N2O4. The van der Waals surface area contributed by atoms with Crippen molar-refractivity contribution < 1.29 is 19.1 Å². The van der Waals surface area contributed by atoms with Crippen LogP contribution in [0, 0.1) is 0 Å². The van der Waals surface area contributed by atoms with Gasteiger partial charge >= 0.3 is 17.8 Å². The molecule has 1 unspecified atom stereocenters. The van der Waals surface area contributed by atoms with Gasteiger partial charge in [0.1, 0.15) is 5.75 Å². The first-order valence-corrected chi connectivity index (χ1v) is 8.51. The number of carbonyl (C=O) groups excluding carboxylic acids is 3. The van der Waals surface area contributed by atoms with E-state index in [2.05, 4.69) is 0 Å². The molecule has 4 amide bonds. The van der Waals surface area contributed by atoms with E-state index in [1.807, 2.05) is 60.7 Å². The first-order chi connectivity index (χ1) is 12.6. The van der Waals surface area contributed by atoms with Gasteiger partial charge in [0.15, 0.2) is 0 Å². The summed E-state index contributed by atoms with van der Waals surface area (Å²) in [5.41, 5.74) is 0.802. The molecule has 0 radical (unpaired) electrons. The Bertz CT molecular complexity index is 792. The summed E-state index contributed by atoms with van der Waals surface area (Å²) in [5.74, 6) is -0.838. The number of rotatable bonds is 7. The third-order valence-electron chi connectivity index (χ3n) is 4.29. The van der Waals surface area contributed by atoms with Crippen molar-refractivity contribution in [3.8, 4) is 5.75 Å². The second-order valence-electron chi connectivity index (χ2n) is 6.02. The lowest BCUT2D eigenvalue weighted by atomic mass is 10.1. The number of imide groups is 2. The van der Waals surface area contributed by atoms with Crippen molar-refractivity contribution in [2.75, 3.05) is 13.2 Å². The molecule has 1 atom stereocenters. The summed E-state index contributed by atoms with van der Waals surface area (Å²) >= 11 is 0. The molecule has 1 aliphatic heterocycles. The molecule has 0 aromatic heterocycles. The summed E-state index contributed by atoms with van der Waals surface area (Å²) in [5, 5.41) is 0. The maximum Gasteiger partial charge on any atom is 0.334 e. The molecule has 1 saturated heterocycles. The van der Waals surface area contributed by atoms with Crippen LogP contribution in [0.4, 0.5) is 4.79 Å². The zero-order valence-corrected chi connectivity index (χ0v) is 14.5. The number of para-hydroxylation sites is 1. The van der Waals surface area contributed by atoms with E-state index in [1.165, 1.54) is 0 Å². The van der Waals surface area contributed by atoms with Crippen molar-refractivity contribution in [3.63, 3.8) is 0 Å². The molecule has 1 fully saturated rings. The van der Waals surface area contributed by atoms with E-state index in [-0.39, 0.29) is 6.54 Å². The van der Waals surface area contributed by atoms with Gasteiger partial charge in [-0.3, -0.25) is 14.5 Å². The van der Waals surface area contributed by atoms with E-state index < -0.39 is 23.9 Å². The summed E-state index contributed by atoms with van der Waals surface area (Å²) in [4.78, 5) is 39.1. The van der Waals surface area contributed by atoms with E-state index in [9.17, 15) is 14.4 Å². The highest BCUT2D eigenvalue weighted by Crippen LogP contribution is 2.26. The van der Waals surface area contributed by atoms with E-state index >= 15 is 0 Å².